The molecule has 0 atom stereocenters. The van der Waals surface area contributed by atoms with E-state index in [-0.39, 0.29) is 6.10 Å². The summed E-state index contributed by atoms with van der Waals surface area (Å²) >= 11 is 0. The van der Waals surface area contributed by atoms with Crippen LogP contribution in [0.15, 0.2) is 0 Å². The van der Waals surface area contributed by atoms with E-state index in [0.29, 0.717) is 26.4 Å². The van der Waals surface area contributed by atoms with E-state index in [1.807, 2.05) is 41.5 Å². The molecule has 0 rings (SSSR count). The van der Waals surface area contributed by atoms with Gasteiger partial charge in [-0.2, -0.15) is 0 Å². The SMILES string of the molecule is CCOC(OCC)C(OCC)(OCC)OC(C)C. The summed E-state index contributed by atoms with van der Waals surface area (Å²) in [6, 6.07) is 0. The first-order chi connectivity index (χ1) is 8.56. The summed E-state index contributed by atoms with van der Waals surface area (Å²) in [5, 5.41) is 0. The molecule has 0 bridgehead atoms. The number of rotatable bonds is 11. The Kier molecular flexibility index (Phi) is 9.59. The molecule has 0 radical (unpaired) electrons. The number of ether oxygens (including phenoxy) is 5. The molecule has 0 spiro atoms. The molecule has 0 amide bonds. The molecule has 110 valence electrons. The van der Waals surface area contributed by atoms with Gasteiger partial charge in [0, 0.05) is 26.4 Å². The Morgan fingerprint density at radius 2 is 1.22 bits per heavy atom. The van der Waals surface area contributed by atoms with Crippen LogP contribution in [0.3, 0.4) is 0 Å². The summed E-state index contributed by atoms with van der Waals surface area (Å²) in [5.74, 6) is -1.30. The van der Waals surface area contributed by atoms with E-state index in [2.05, 4.69) is 0 Å². The Bertz CT molecular complexity index is 184. The molecule has 0 N–H and O–H groups in total. The Hall–Kier alpha value is -0.200. The fourth-order valence-electron chi connectivity index (χ4n) is 1.59. The molecule has 0 aliphatic rings. The summed E-state index contributed by atoms with van der Waals surface area (Å²) in [4.78, 5) is 0. The van der Waals surface area contributed by atoms with Gasteiger partial charge >= 0.3 is 5.97 Å². The van der Waals surface area contributed by atoms with E-state index >= 15 is 0 Å². The molecule has 0 aromatic carbocycles. The molecule has 0 saturated heterocycles. The topological polar surface area (TPSA) is 46.2 Å². The fraction of sp³-hybridized carbons (Fsp3) is 1.00. The molecule has 0 aromatic rings. The average Bonchev–Trinajstić information content (AvgIpc) is 2.28. The number of hydrogen-bond donors (Lipinski definition) is 0. The minimum atomic E-state index is -1.30. The smallest absolute Gasteiger partial charge is 0.337 e. The van der Waals surface area contributed by atoms with Crippen molar-refractivity contribution in [3.05, 3.63) is 0 Å². The molecule has 0 fully saturated rings. The van der Waals surface area contributed by atoms with E-state index in [9.17, 15) is 0 Å². The van der Waals surface area contributed by atoms with Crippen molar-refractivity contribution < 1.29 is 23.7 Å². The third-order valence-electron chi connectivity index (χ3n) is 2.02. The summed E-state index contributed by atoms with van der Waals surface area (Å²) in [6.45, 7) is 13.3. The van der Waals surface area contributed by atoms with Crippen LogP contribution in [0.5, 0.6) is 0 Å². The Morgan fingerprint density at radius 3 is 1.50 bits per heavy atom. The molecular weight excluding hydrogens is 236 g/mol. The molecule has 18 heavy (non-hydrogen) atoms. The Balaban J connectivity index is 5.03. The predicted molar refractivity (Wildman–Crippen MR) is 69.2 cm³/mol. The lowest BCUT2D eigenvalue weighted by Crippen LogP contribution is -2.53. The molecule has 0 unspecified atom stereocenters. The van der Waals surface area contributed by atoms with Crippen molar-refractivity contribution >= 4 is 0 Å². The molecular formula is C13H28O5. The van der Waals surface area contributed by atoms with Gasteiger partial charge < -0.3 is 23.7 Å². The monoisotopic (exact) mass is 264 g/mol. The van der Waals surface area contributed by atoms with Crippen molar-refractivity contribution in [2.75, 3.05) is 26.4 Å². The summed E-state index contributed by atoms with van der Waals surface area (Å²) in [5.41, 5.74) is 0. The van der Waals surface area contributed by atoms with Crippen LogP contribution in [0, 0.1) is 0 Å². The van der Waals surface area contributed by atoms with Gasteiger partial charge in [-0.1, -0.05) is 0 Å². The van der Waals surface area contributed by atoms with Gasteiger partial charge in [0.05, 0.1) is 6.10 Å². The van der Waals surface area contributed by atoms with Crippen LogP contribution in [0.4, 0.5) is 0 Å². The van der Waals surface area contributed by atoms with Crippen LogP contribution < -0.4 is 0 Å². The van der Waals surface area contributed by atoms with Gasteiger partial charge in [0.1, 0.15) is 0 Å². The first kappa shape index (κ1) is 17.8. The first-order valence-electron chi connectivity index (χ1n) is 6.75. The van der Waals surface area contributed by atoms with Crippen LogP contribution >= 0.6 is 0 Å². The highest BCUT2D eigenvalue weighted by Crippen LogP contribution is 2.26. The van der Waals surface area contributed by atoms with E-state index in [0.717, 1.165) is 0 Å². The van der Waals surface area contributed by atoms with Gasteiger partial charge in [-0.3, -0.25) is 0 Å². The van der Waals surface area contributed by atoms with Crippen LogP contribution in [0.25, 0.3) is 0 Å². The largest absolute Gasteiger partial charge is 0.346 e. The zero-order valence-corrected chi connectivity index (χ0v) is 12.5. The van der Waals surface area contributed by atoms with Crippen LogP contribution in [0.1, 0.15) is 41.5 Å². The molecule has 0 heterocycles. The van der Waals surface area contributed by atoms with Crippen molar-refractivity contribution in [1.82, 2.24) is 0 Å². The standard InChI is InChI=1S/C13H28O5/c1-7-14-12(15-8-2)13(16-9-3,17-10-4)18-11(5)6/h11-12H,7-10H2,1-6H3. The normalized spacial score (nSPS) is 12.7. The van der Waals surface area contributed by atoms with Crippen molar-refractivity contribution in [1.29, 1.82) is 0 Å². The van der Waals surface area contributed by atoms with E-state index in [1.54, 1.807) is 0 Å². The van der Waals surface area contributed by atoms with Gasteiger partial charge in [-0.05, 0) is 41.5 Å². The van der Waals surface area contributed by atoms with Crippen molar-refractivity contribution in [3.8, 4) is 0 Å². The van der Waals surface area contributed by atoms with Crippen molar-refractivity contribution in [3.63, 3.8) is 0 Å². The zero-order chi connectivity index (χ0) is 14.0. The van der Waals surface area contributed by atoms with Gasteiger partial charge in [0.25, 0.3) is 0 Å². The molecule has 0 saturated carbocycles. The quantitative estimate of drug-likeness (QED) is 0.537. The van der Waals surface area contributed by atoms with Gasteiger partial charge in [0.2, 0.25) is 6.29 Å². The summed E-state index contributed by atoms with van der Waals surface area (Å²) < 4.78 is 28.2. The Labute approximate surface area is 111 Å². The van der Waals surface area contributed by atoms with Crippen molar-refractivity contribution in [2.24, 2.45) is 0 Å². The van der Waals surface area contributed by atoms with E-state index in [1.165, 1.54) is 0 Å². The highest BCUT2D eigenvalue weighted by atomic mass is 16.9. The molecule has 0 aliphatic carbocycles. The minimum absolute atomic E-state index is 0.0634. The maximum atomic E-state index is 5.79. The lowest BCUT2D eigenvalue weighted by atomic mass is 10.4. The number of hydrogen-bond acceptors (Lipinski definition) is 5. The highest BCUT2D eigenvalue weighted by molar-refractivity contribution is 4.65. The average molecular weight is 264 g/mol. The molecule has 5 heteroatoms. The third kappa shape index (κ3) is 5.63. The fourth-order valence-corrected chi connectivity index (χ4v) is 1.59. The maximum absolute atomic E-state index is 5.79. The Morgan fingerprint density at radius 1 is 0.778 bits per heavy atom. The third-order valence-corrected chi connectivity index (χ3v) is 2.02. The van der Waals surface area contributed by atoms with Crippen LogP contribution in [-0.2, 0) is 23.7 Å². The lowest BCUT2D eigenvalue weighted by Gasteiger charge is -2.39. The lowest BCUT2D eigenvalue weighted by molar-refractivity contribution is -0.461. The molecule has 5 nitrogen and oxygen atoms in total. The minimum Gasteiger partial charge on any atom is -0.346 e. The molecule has 0 aromatic heterocycles. The van der Waals surface area contributed by atoms with E-state index < -0.39 is 12.3 Å². The van der Waals surface area contributed by atoms with Crippen molar-refractivity contribution in [2.45, 2.75) is 59.9 Å². The van der Waals surface area contributed by atoms with E-state index in [4.69, 9.17) is 23.7 Å². The first-order valence-corrected chi connectivity index (χ1v) is 6.75. The second-order valence-corrected chi connectivity index (χ2v) is 3.88. The molecule has 0 aliphatic heterocycles. The maximum Gasteiger partial charge on any atom is 0.337 e. The summed E-state index contributed by atoms with van der Waals surface area (Å²) in [7, 11) is 0. The van der Waals surface area contributed by atoms with Gasteiger partial charge in [0.15, 0.2) is 0 Å². The second kappa shape index (κ2) is 9.69. The van der Waals surface area contributed by atoms with Crippen LogP contribution in [0.2, 0.25) is 0 Å². The summed E-state index contributed by atoms with van der Waals surface area (Å²) in [6.07, 6.45) is -0.763. The van der Waals surface area contributed by atoms with Gasteiger partial charge in [-0.25, -0.2) is 0 Å². The predicted octanol–water partition coefficient (Wildman–Crippen LogP) is 2.54. The van der Waals surface area contributed by atoms with Crippen LogP contribution in [-0.4, -0.2) is 44.8 Å². The van der Waals surface area contributed by atoms with Gasteiger partial charge in [-0.15, -0.1) is 0 Å². The second-order valence-electron chi connectivity index (χ2n) is 3.88. The zero-order valence-electron chi connectivity index (χ0n) is 12.5. The highest BCUT2D eigenvalue weighted by Gasteiger charge is 2.45.